The number of aliphatic hydroxyl groups is 1. The van der Waals surface area contributed by atoms with Crippen LogP contribution in [0.5, 0.6) is 0 Å². The molecule has 1 fully saturated rings. The predicted octanol–water partition coefficient (Wildman–Crippen LogP) is 1.46. The van der Waals surface area contributed by atoms with Gasteiger partial charge in [0, 0.05) is 45.9 Å². The molecule has 5 heteroatoms. The van der Waals surface area contributed by atoms with Crippen LogP contribution < -0.4 is 5.32 Å². The lowest BCUT2D eigenvalue weighted by molar-refractivity contribution is 0.136. The summed E-state index contributed by atoms with van der Waals surface area (Å²) in [5, 5.41) is 12.2. The Morgan fingerprint density at radius 2 is 1.91 bits per heavy atom. The zero-order chi connectivity index (χ0) is 16.1. The van der Waals surface area contributed by atoms with E-state index in [1.165, 1.54) is 11.1 Å². The SMILES string of the molecule is O=C(NCCN1CCc2ccccc2C1)N1CCC(CO)CC1. The molecule has 0 radical (unpaired) electrons. The molecule has 1 saturated heterocycles. The normalized spacial score (nSPS) is 19.4. The van der Waals surface area contributed by atoms with Crippen LogP contribution >= 0.6 is 0 Å². The highest BCUT2D eigenvalue weighted by molar-refractivity contribution is 5.74. The number of piperidine rings is 1. The van der Waals surface area contributed by atoms with Crippen molar-refractivity contribution in [2.45, 2.75) is 25.8 Å². The van der Waals surface area contributed by atoms with Crippen molar-refractivity contribution in [1.82, 2.24) is 15.1 Å². The highest BCUT2D eigenvalue weighted by Gasteiger charge is 2.22. The summed E-state index contributed by atoms with van der Waals surface area (Å²) < 4.78 is 0. The molecular weight excluding hydrogens is 290 g/mol. The van der Waals surface area contributed by atoms with E-state index in [9.17, 15) is 4.79 Å². The first kappa shape index (κ1) is 16.3. The minimum atomic E-state index is 0.0406. The molecule has 0 spiro atoms. The number of urea groups is 1. The summed E-state index contributed by atoms with van der Waals surface area (Å²) in [6.45, 7) is 5.39. The topological polar surface area (TPSA) is 55.8 Å². The summed E-state index contributed by atoms with van der Waals surface area (Å²) in [5.74, 6) is 0.368. The molecule has 2 aliphatic rings. The fourth-order valence-electron chi connectivity index (χ4n) is 3.50. The molecule has 1 aromatic rings. The van der Waals surface area contributed by atoms with Gasteiger partial charge in [-0.1, -0.05) is 24.3 Å². The summed E-state index contributed by atoms with van der Waals surface area (Å²) >= 11 is 0. The van der Waals surface area contributed by atoms with E-state index in [0.29, 0.717) is 12.5 Å². The van der Waals surface area contributed by atoms with Gasteiger partial charge in [0.05, 0.1) is 0 Å². The number of amides is 2. The van der Waals surface area contributed by atoms with E-state index in [0.717, 1.165) is 52.0 Å². The molecule has 0 unspecified atom stereocenters. The number of hydrogen-bond donors (Lipinski definition) is 2. The first-order valence-corrected chi connectivity index (χ1v) is 8.69. The lowest BCUT2D eigenvalue weighted by Crippen LogP contribution is -2.47. The molecule has 3 rings (SSSR count). The van der Waals surface area contributed by atoms with Gasteiger partial charge in [-0.05, 0) is 36.3 Å². The molecule has 0 aromatic heterocycles. The van der Waals surface area contributed by atoms with Crippen molar-refractivity contribution in [1.29, 1.82) is 0 Å². The summed E-state index contributed by atoms with van der Waals surface area (Å²) in [7, 11) is 0. The smallest absolute Gasteiger partial charge is 0.317 e. The number of carbonyl (C=O) groups is 1. The number of carbonyl (C=O) groups excluding carboxylic acids is 1. The Labute approximate surface area is 138 Å². The molecule has 0 atom stereocenters. The third kappa shape index (κ3) is 4.24. The van der Waals surface area contributed by atoms with Crippen LogP contribution in [0.4, 0.5) is 4.79 Å². The van der Waals surface area contributed by atoms with Crippen LogP contribution in [0.3, 0.4) is 0 Å². The van der Waals surface area contributed by atoms with Crippen molar-refractivity contribution < 1.29 is 9.90 Å². The molecule has 0 bridgehead atoms. The minimum absolute atomic E-state index is 0.0406. The number of nitrogens with one attached hydrogen (secondary N) is 1. The van der Waals surface area contributed by atoms with E-state index < -0.39 is 0 Å². The number of likely N-dealkylation sites (tertiary alicyclic amines) is 1. The third-order valence-corrected chi connectivity index (χ3v) is 5.07. The summed E-state index contributed by atoms with van der Waals surface area (Å²) in [6, 6.07) is 8.66. The first-order chi connectivity index (χ1) is 11.3. The van der Waals surface area contributed by atoms with Crippen molar-refractivity contribution >= 4 is 6.03 Å². The number of rotatable bonds is 4. The summed E-state index contributed by atoms with van der Waals surface area (Å²) in [6.07, 6.45) is 2.92. The Bertz CT molecular complexity index is 527. The maximum atomic E-state index is 12.2. The highest BCUT2D eigenvalue weighted by atomic mass is 16.3. The van der Waals surface area contributed by atoms with Gasteiger partial charge in [0.15, 0.2) is 0 Å². The van der Waals surface area contributed by atoms with E-state index in [2.05, 4.69) is 34.5 Å². The van der Waals surface area contributed by atoms with Crippen molar-refractivity contribution in [3.63, 3.8) is 0 Å². The molecular formula is C18H27N3O2. The van der Waals surface area contributed by atoms with Crippen LogP contribution in [-0.4, -0.2) is 60.3 Å². The molecule has 126 valence electrons. The van der Waals surface area contributed by atoms with Crippen molar-refractivity contribution in [3.05, 3.63) is 35.4 Å². The standard InChI is InChI=1S/C18H27N3O2/c22-14-15-5-10-21(11-6-15)18(23)19-8-12-20-9-7-16-3-1-2-4-17(16)13-20/h1-4,15,22H,5-14H2,(H,19,23). The second-order valence-electron chi connectivity index (χ2n) is 6.64. The van der Waals surface area contributed by atoms with Crippen LogP contribution in [0.15, 0.2) is 24.3 Å². The Morgan fingerprint density at radius 1 is 1.17 bits per heavy atom. The number of aliphatic hydroxyl groups excluding tert-OH is 1. The van der Waals surface area contributed by atoms with Gasteiger partial charge in [0.1, 0.15) is 0 Å². The molecule has 23 heavy (non-hydrogen) atoms. The van der Waals surface area contributed by atoms with Crippen LogP contribution in [0.25, 0.3) is 0 Å². The highest BCUT2D eigenvalue weighted by Crippen LogP contribution is 2.18. The van der Waals surface area contributed by atoms with Gasteiger partial charge < -0.3 is 15.3 Å². The number of benzene rings is 1. The molecule has 5 nitrogen and oxygen atoms in total. The Hall–Kier alpha value is -1.59. The van der Waals surface area contributed by atoms with Gasteiger partial charge in [-0.3, -0.25) is 4.90 Å². The third-order valence-electron chi connectivity index (χ3n) is 5.07. The lowest BCUT2D eigenvalue weighted by Gasteiger charge is -2.32. The second kappa shape index (κ2) is 7.79. The molecule has 0 saturated carbocycles. The van der Waals surface area contributed by atoms with Gasteiger partial charge in [-0.25, -0.2) is 4.79 Å². The monoisotopic (exact) mass is 317 g/mol. The van der Waals surface area contributed by atoms with Gasteiger partial charge in [0.25, 0.3) is 0 Å². The molecule has 2 N–H and O–H groups in total. The average molecular weight is 317 g/mol. The minimum Gasteiger partial charge on any atom is -0.396 e. The Balaban J connectivity index is 1.38. The van der Waals surface area contributed by atoms with Gasteiger partial charge in [-0.15, -0.1) is 0 Å². The van der Waals surface area contributed by atoms with Crippen molar-refractivity contribution in [3.8, 4) is 0 Å². The van der Waals surface area contributed by atoms with E-state index in [1.54, 1.807) is 0 Å². The molecule has 0 aliphatic carbocycles. The Kier molecular flexibility index (Phi) is 5.51. The van der Waals surface area contributed by atoms with E-state index in [-0.39, 0.29) is 12.6 Å². The van der Waals surface area contributed by atoms with Crippen LogP contribution in [0.2, 0.25) is 0 Å². The molecule has 2 heterocycles. The molecule has 1 aromatic carbocycles. The quantitative estimate of drug-likeness (QED) is 0.884. The van der Waals surface area contributed by atoms with Gasteiger partial charge >= 0.3 is 6.03 Å². The maximum Gasteiger partial charge on any atom is 0.317 e. The number of nitrogens with zero attached hydrogens (tertiary/aromatic N) is 2. The summed E-state index contributed by atoms with van der Waals surface area (Å²) in [5.41, 5.74) is 2.87. The maximum absolute atomic E-state index is 12.2. The van der Waals surface area contributed by atoms with Crippen LogP contribution in [-0.2, 0) is 13.0 Å². The average Bonchev–Trinajstić information content (AvgIpc) is 2.61. The molecule has 2 aliphatic heterocycles. The Morgan fingerprint density at radius 3 is 2.65 bits per heavy atom. The van der Waals surface area contributed by atoms with Crippen molar-refractivity contribution in [2.75, 3.05) is 39.3 Å². The zero-order valence-electron chi connectivity index (χ0n) is 13.7. The lowest BCUT2D eigenvalue weighted by atomic mass is 9.98. The number of hydrogen-bond acceptors (Lipinski definition) is 3. The molecule has 2 amide bonds. The van der Waals surface area contributed by atoms with E-state index in [1.807, 2.05) is 4.90 Å². The summed E-state index contributed by atoms with van der Waals surface area (Å²) in [4.78, 5) is 16.4. The van der Waals surface area contributed by atoms with Gasteiger partial charge in [-0.2, -0.15) is 0 Å². The van der Waals surface area contributed by atoms with Crippen molar-refractivity contribution in [2.24, 2.45) is 5.92 Å². The van der Waals surface area contributed by atoms with E-state index in [4.69, 9.17) is 5.11 Å². The fourth-order valence-corrected chi connectivity index (χ4v) is 3.50. The van der Waals surface area contributed by atoms with E-state index >= 15 is 0 Å². The van der Waals surface area contributed by atoms with Crippen LogP contribution in [0.1, 0.15) is 24.0 Å². The van der Waals surface area contributed by atoms with Gasteiger partial charge in [0.2, 0.25) is 0 Å². The second-order valence-corrected chi connectivity index (χ2v) is 6.64. The predicted molar refractivity (Wildman–Crippen MR) is 90.2 cm³/mol. The largest absolute Gasteiger partial charge is 0.396 e. The number of fused-ring (bicyclic) bond motifs is 1. The fraction of sp³-hybridized carbons (Fsp3) is 0.611. The zero-order valence-corrected chi connectivity index (χ0v) is 13.7. The van der Waals surface area contributed by atoms with Crippen LogP contribution in [0, 0.1) is 5.92 Å². The first-order valence-electron chi connectivity index (χ1n) is 8.69.